The molecule has 1 aliphatic heterocycles. The van der Waals surface area contributed by atoms with Crippen LogP contribution < -0.4 is 5.32 Å². The van der Waals surface area contributed by atoms with Gasteiger partial charge in [0.25, 0.3) is 0 Å². The highest BCUT2D eigenvalue weighted by Gasteiger charge is 2.48. The summed E-state index contributed by atoms with van der Waals surface area (Å²) in [5.41, 5.74) is 3.19. The summed E-state index contributed by atoms with van der Waals surface area (Å²) in [5.74, 6) is -1.49. The van der Waals surface area contributed by atoms with Crippen LogP contribution in [0.5, 0.6) is 0 Å². The number of hydrogen-bond donors (Lipinski definition) is 2. The van der Waals surface area contributed by atoms with Gasteiger partial charge in [-0.3, -0.25) is 4.79 Å². The molecule has 35 heavy (non-hydrogen) atoms. The third-order valence-corrected chi connectivity index (χ3v) is 7.14. The van der Waals surface area contributed by atoms with Gasteiger partial charge in [-0.15, -0.1) is 0 Å². The van der Waals surface area contributed by atoms with E-state index in [9.17, 15) is 19.5 Å². The number of carboxylic acid groups (broad SMARTS) is 1. The highest BCUT2D eigenvalue weighted by Crippen LogP contribution is 2.44. The standard InChI is InChI=1S/C27H32N2O6/c1-3-8-18(15-24(30)29(2)27(25(31)32)13-14-34-17-27)28-26(33)35-16-23-21-11-6-4-9-19(21)20-10-5-7-12-22(20)23/h4-7,9-12,18,23H,3,8,13-17H2,1-2H3,(H,28,33)(H,31,32)/t18-,27?/m1/s1. The first kappa shape index (κ1) is 24.7. The van der Waals surface area contributed by atoms with Gasteiger partial charge in [-0.05, 0) is 28.7 Å². The van der Waals surface area contributed by atoms with Crippen LogP contribution in [-0.2, 0) is 19.1 Å². The van der Waals surface area contributed by atoms with Crippen molar-refractivity contribution in [1.29, 1.82) is 0 Å². The topological polar surface area (TPSA) is 105 Å². The SMILES string of the molecule is CCC[C@H](CC(=O)N(C)C1(C(=O)O)CCOC1)NC(=O)OCC1c2ccccc2-c2ccccc21. The van der Waals surface area contributed by atoms with E-state index in [1.807, 2.05) is 31.2 Å². The maximum Gasteiger partial charge on any atom is 0.407 e. The van der Waals surface area contributed by atoms with E-state index < -0.39 is 23.6 Å². The normalized spacial score (nSPS) is 19.5. The zero-order valence-corrected chi connectivity index (χ0v) is 20.2. The average molecular weight is 481 g/mol. The smallest absolute Gasteiger partial charge is 0.407 e. The van der Waals surface area contributed by atoms with Crippen molar-refractivity contribution in [2.75, 3.05) is 26.9 Å². The molecule has 2 N–H and O–H groups in total. The first-order chi connectivity index (χ1) is 16.9. The summed E-state index contributed by atoms with van der Waals surface area (Å²) >= 11 is 0. The van der Waals surface area contributed by atoms with Crippen molar-refractivity contribution >= 4 is 18.0 Å². The van der Waals surface area contributed by atoms with Crippen LogP contribution >= 0.6 is 0 Å². The Morgan fingerprint density at radius 3 is 2.31 bits per heavy atom. The second kappa shape index (κ2) is 10.5. The van der Waals surface area contributed by atoms with Crippen molar-refractivity contribution < 1.29 is 29.0 Å². The predicted molar refractivity (Wildman–Crippen MR) is 130 cm³/mol. The largest absolute Gasteiger partial charge is 0.479 e. The Bertz CT molecular complexity index is 1050. The number of nitrogens with zero attached hydrogens (tertiary/aromatic N) is 1. The molecule has 1 fully saturated rings. The Balaban J connectivity index is 1.38. The maximum absolute atomic E-state index is 13.0. The summed E-state index contributed by atoms with van der Waals surface area (Å²) in [7, 11) is 1.49. The highest BCUT2D eigenvalue weighted by molar-refractivity contribution is 5.88. The lowest BCUT2D eigenvalue weighted by Gasteiger charge is -2.34. The molecule has 0 saturated carbocycles. The van der Waals surface area contributed by atoms with Gasteiger partial charge < -0.3 is 24.8 Å². The fourth-order valence-electron chi connectivity index (χ4n) is 5.10. The summed E-state index contributed by atoms with van der Waals surface area (Å²) in [6, 6.07) is 15.8. The number of benzene rings is 2. The van der Waals surface area contributed by atoms with Crippen LogP contribution in [-0.4, -0.2) is 66.4 Å². The van der Waals surface area contributed by atoms with E-state index in [4.69, 9.17) is 9.47 Å². The van der Waals surface area contributed by atoms with Gasteiger partial charge >= 0.3 is 12.1 Å². The van der Waals surface area contributed by atoms with Gasteiger partial charge in [-0.25, -0.2) is 9.59 Å². The number of amides is 2. The Labute approximate surface area is 205 Å². The number of carbonyl (C=O) groups excluding carboxylic acids is 2. The van der Waals surface area contributed by atoms with Crippen LogP contribution in [0.1, 0.15) is 49.7 Å². The minimum atomic E-state index is -1.36. The zero-order valence-electron chi connectivity index (χ0n) is 20.2. The quantitative estimate of drug-likeness (QED) is 0.566. The van der Waals surface area contributed by atoms with Gasteiger partial charge in [0.1, 0.15) is 6.61 Å². The van der Waals surface area contributed by atoms with E-state index >= 15 is 0 Å². The molecule has 0 spiro atoms. The van der Waals surface area contributed by atoms with E-state index in [2.05, 4.69) is 29.6 Å². The fraction of sp³-hybridized carbons (Fsp3) is 0.444. The van der Waals surface area contributed by atoms with Crippen LogP contribution in [0.2, 0.25) is 0 Å². The lowest BCUT2D eigenvalue weighted by Crippen LogP contribution is -2.56. The van der Waals surface area contributed by atoms with Crippen molar-refractivity contribution in [1.82, 2.24) is 10.2 Å². The second-order valence-corrected chi connectivity index (χ2v) is 9.25. The van der Waals surface area contributed by atoms with Crippen LogP contribution in [0.15, 0.2) is 48.5 Å². The molecule has 1 unspecified atom stereocenters. The summed E-state index contributed by atoms with van der Waals surface area (Å²) in [4.78, 5) is 38.8. The van der Waals surface area contributed by atoms with Crippen LogP contribution in [0.4, 0.5) is 4.79 Å². The summed E-state index contributed by atoms with van der Waals surface area (Å²) in [5, 5.41) is 12.5. The summed E-state index contributed by atoms with van der Waals surface area (Å²) in [6.45, 7) is 2.40. The molecule has 0 aromatic heterocycles. The van der Waals surface area contributed by atoms with E-state index in [-0.39, 0.29) is 37.9 Å². The Kier molecular flexibility index (Phi) is 7.40. The predicted octanol–water partition coefficient (Wildman–Crippen LogP) is 3.79. The third kappa shape index (κ3) is 4.89. The molecule has 2 aromatic carbocycles. The lowest BCUT2D eigenvalue weighted by atomic mass is 9.95. The number of alkyl carbamates (subject to hydrolysis) is 1. The van der Waals surface area contributed by atoms with Gasteiger partial charge in [0.15, 0.2) is 5.54 Å². The number of nitrogens with one attached hydrogen (secondary N) is 1. The number of ether oxygens (including phenoxy) is 2. The number of aliphatic carboxylic acids is 1. The molecule has 2 atom stereocenters. The molecule has 2 amide bonds. The lowest BCUT2D eigenvalue weighted by molar-refractivity contribution is -0.158. The van der Waals surface area contributed by atoms with Gasteiger partial charge in [-0.2, -0.15) is 0 Å². The monoisotopic (exact) mass is 480 g/mol. The molecule has 186 valence electrons. The van der Waals surface area contributed by atoms with Gasteiger partial charge in [-0.1, -0.05) is 61.9 Å². The number of carboxylic acids is 1. The van der Waals surface area contributed by atoms with Crippen LogP contribution in [0.25, 0.3) is 11.1 Å². The zero-order chi connectivity index (χ0) is 25.0. The number of likely N-dealkylation sites (N-methyl/N-ethyl adjacent to an activating group) is 1. The molecule has 1 aliphatic carbocycles. The van der Waals surface area contributed by atoms with Gasteiger partial charge in [0.2, 0.25) is 5.91 Å². The second-order valence-electron chi connectivity index (χ2n) is 9.25. The molecule has 4 rings (SSSR count). The Morgan fingerprint density at radius 1 is 1.14 bits per heavy atom. The van der Waals surface area contributed by atoms with Crippen molar-refractivity contribution in [3.8, 4) is 11.1 Å². The van der Waals surface area contributed by atoms with Crippen molar-refractivity contribution in [3.63, 3.8) is 0 Å². The third-order valence-electron chi connectivity index (χ3n) is 7.14. The number of carbonyl (C=O) groups is 3. The van der Waals surface area contributed by atoms with Gasteiger partial charge in [0.05, 0.1) is 6.61 Å². The molecule has 2 aliphatic rings. The van der Waals surface area contributed by atoms with Crippen LogP contribution in [0, 0.1) is 0 Å². The van der Waals surface area contributed by atoms with E-state index in [0.717, 1.165) is 28.7 Å². The summed E-state index contributed by atoms with van der Waals surface area (Å²) < 4.78 is 10.9. The first-order valence-corrected chi connectivity index (χ1v) is 12.1. The van der Waals surface area contributed by atoms with E-state index in [1.54, 1.807) is 0 Å². The van der Waals surface area contributed by atoms with E-state index in [0.29, 0.717) is 13.0 Å². The first-order valence-electron chi connectivity index (χ1n) is 12.1. The van der Waals surface area contributed by atoms with Crippen molar-refractivity contribution in [2.45, 2.75) is 50.1 Å². The molecule has 1 saturated heterocycles. The van der Waals surface area contributed by atoms with Crippen molar-refractivity contribution in [2.24, 2.45) is 0 Å². The Morgan fingerprint density at radius 2 is 1.77 bits per heavy atom. The minimum absolute atomic E-state index is 0.0104. The minimum Gasteiger partial charge on any atom is -0.479 e. The number of rotatable bonds is 9. The van der Waals surface area contributed by atoms with Crippen LogP contribution in [0.3, 0.4) is 0 Å². The average Bonchev–Trinajstić information content (AvgIpc) is 3.47. The van der Waals surface area contributed by atoms with Crippen molar-refractivity contribution in [3.05, 3.63) is 59.7 Å². The molecular formula is C27H32N2O6. The number of hydrogen-bond acceptors (Lipinski definition) is 5. The highest BCUT2D eigenvalue weighted by atomic mass is 16.5. The molecule has 8 heteroatoms. The molecule has 8 nitrogen and oxygen atoms in total. The molecule has 2 aromatic rings. The molecule has 0 bridgehead atoms. The molecule has 0 radical (unpaired) electrons. The summed E-state index contributed by atoms with van der Waals surface area (Å²) in [6.07, 6.45) is 0.962. The maximum atomic E-state index is 13.0. The van der Waals surface area contributed by atoms with Gasteiger partial charge in [0, 0.05) is 38.5 Å². The van der Waals surface area contributed by atoms with E-state index in [1.165, 1.54) is 11.9 Å². The molecule has 1 heterocycles. The number of fused-ring (bicyclic) bond motifs is 3. The fourth-order valence-corrected chi connectivity index (χ4v) is 5.10. The Hall–Kier alpha value is -3.39. The molecular weight excluding hydrogens is 448 g/mol.